The lowest BCUT2D eigenvalue weighted by molar-refractivity contribution is 0.0502. The maximum atomic E-state index is 12.7. The van der Waals surface area contributed by atoms with Crippen LogP contribution in [-0.4, -0.2) is 38.1 Å². The molecular formula is C32H50O7S. The minimum atomic E-state index is -4.57. The average Bonchev–Trinajstić information content (AvgIpc) is 2.93. The number of carbonyl (C=O) groups excluding carboxylic acids is 2. The van der Waals surface area contributed by atoms with E-state index in [4.69, 9.17) is 9.47 Å². The number of ether oxygens (including phenoxy) is 2. The summed E-state index contributed by atoms with van der Waals surface area (Å²) in [6.07, 6.45) is 26.3. The van der Waals surface area contributed by atoms with Crippen molar-refractivity contribution in [3.05, 3.63) is 53.6 Å². The van der Waals surface area contributed by atoms with Crippen LogP contribution >= 0.6 is 0 Å². The lowest BCUT2D eigenvalue weighted by Gasteiger charge is -2.10. The molecule has 0 saturated heterocycles. The molecule has 0 aliphatic heterocycles. The number of esters is 2. The highest BCUT2D eigenvalue weighted by molar-refractivity contribution is 7.85. The number of rotatable bonds is 23. The van der Waals surface area contributed by atoms with Gasteiger partial charge < -0.3 is 9.47 Å². The van der Waals surface area contributed by atoms with Gasteiger partial charge in [-0.1, -0.05) is 115 Å². The SMILES string of the molecule is CCCCCCCCC/C=C/COC(=O)c1ccc(S(=O)(=O)O)cc1C(=O)OC/C=C/CCCCCCCCC. The Kier molecular flexibility index (Phi) is 19.8. The molecular weight excluding hydrogens is 528 g/mol. The predicted molar refractivity (Wildman–Crippen MR) is 160 cm³/mol. The first-order chi connectivity index (χ1) is 19.3. The molecule has 0 aliphatic carbocycles. The maximum Gasteiger partial charge on any atom is 0.339 e. The molecule has 40 heavy (non-hydrogen) atoms. The standard InChI is InChI=1S/C32H50O7S/c1-3-5-7-9-11-13-15-17-19-21-25-38-31(33)29-24-23-28(40(35,36)37)27-30(29)32(34)39-26-22-20-18-16-14-12-10-8-6-4-2/h19-24,27H,3-18,25-26H2,1-2H3,(H,35,36,37)/b21-19+,22-20+. The largest absolute Gasteiger partial charge is 0.458 e. The predicted octanol–water partition coefficient (Wildman–Crippen LogP) is 8.64. The zero-order valence-corrected chi connectivity index (χ0v) is 25.4. The Hall–Kier alpha value is -2.45. The van der Waals surface area contributed by atoms with Gasteiger partial charge in [-0.05, 0) is 43.9 Å². The van der Waals surface area contributed by atoms with Gasteiger partial charge in [-0.25, -0.2) is 9.59 Å². The number of carbonyl (C=O) groups is 2. The maximum absolute atomic E-state index is 12.7. The first kappa shape index (κ1) is 35.6. The molecule has 0 unspecified atom stereocenters. The van der Waals surface area contributed by atoms with Crippen LogP contribution in [0.3, 0.4) is 0 Å². The summed E-state index contributed by atoms with van der Waals surface area (Å²) in [6.45, 7) is 4.43. The number of unbranched alkanes of at least 4 members (excludes halogenated alkanes) is 14. The number of hydrogen-bond acceptors (Lipinski definition) is 6. The first-order valence-electron chi connectivity index (χ1n) is 15.1. The smallest absolute Gasteiger partial charge is 0.339 e. The molecule has 0 fully saturated rings. The Labute approximate surface area is 242 Å². The fraction of sp³-hybridized carbons (Fsp3) is 0.625. The van der Waals surface area contributed by atoms with Crippen molar-refractivity contribution in [1.29, 1.82) is 0 Å². The van der Waals surface area contributed by atoms with Crippen LogP contribution in [0.1, 0.15) is 137 Å². The van der Waals surface area contributed by atoms with Gasteiger partial charge in [0.05, 0.1) is 16.0 Å². The van der Waals surface area contributed by atoms with Crippen molar-refractivity contribution in [2.45, 2.75) is 121 Å². The summed E-state index contributed by atoms with van der Waals surface area (Å²) in [4.78, 5) is 24.9. The highest BCUT2D eigenvalue weighted by atomic mass is 32.2. The zero-order chi connectivity index (χ0) is 29.5. The average molecular weight is 579 g/mol. The number of allylic oxidation sites excluding steroid dienone is 2. The fourth-order valence-electron chi connectivity index (χ4n) is 4.24. The van der Waals surface area contributed by atoms with E-state index >= 15 is 0 Å². The summed E-state index contributed by atoms with van der Waals surface area (Å²) in [5.41, 5.74) is -0.391. The molecule has 0 aliphatic rings. The lowest BCUT2D eigenvalue weighted by Crippen LogP contribution is -2.15. The van der Waals surface area contributed by atoms with Gasteiger partial charge in [-0.15, -0.1) is 0 Å². The van der Waals surface area contributed by atoms with Gasteiger partial charge in [0, 0.05) is 0 Å². The molecule has 226 valence electrons. The zero-order valence-electron chi connectivity index (χ0n) is 24.6. The molecule has 7 nitrogen and oxygen atoms in total. The van der Waals surface area contributed by atoms with Gasteiger partial charge in [0.2, 0.25) is 0 Å². The second-order valence-electron chi connectivity index (χ2n) is 10.1. The van der Waals surface area contributed by atoms with Crippen LogP contribution in [0.4, 0.5) is 0 Å². The molecule has 0 aromatic heterocycles. The number of benzene rings is 1. The minimum Gasteiger partial charge on any atom is -0.458 e. The highest BCUT2D eigenvalue weighted by Gasteiger charge is 2.23. The summed E-state index contributed by atoms with van der Waals surface area (Å²) < 4.78 is 43.1. The molecule has 1 rings (SSSR count). The van der Waals surface area contributed by atoms with Crippen LogP contribution in [-0.2, 0) is 19.6 Å². The molecule has 0 atom stereocenters. The Morgan fingerprint density at radius 1 is 0.650 bits per heavy atom. The van der Waals surface area contributed by atoms with E-state index in [2.05, 4.69) is 13.8 Å². The Bertz CT molecular complexity index is 1010. The van der Waals surface area contributed by atoms with Gasteiger partial charge in [0.15, 0.2) is 0 Å². The van der Waals surface area contributed by atoms with Crippen molar-refractivity contribution in [3.8, 4) is 0 Å². The molecule has 1 aromatic rings. The molecule has 0 bridgehead atoms. The van der Waals surface area contributed by atoms with Gasteiger partial charge in [0.1, 0.15) is 13.2 Å². The molecule has 1 N–H and O–H groups in total. The summed E-state index contributed by atoms with van der Waals surface area (Å²) in [5.74, 6) is -1.64. The molecule has 1 aromatic carbocycles. The third-order valence-corrected chi connectivity index (χ3v) is 7.48. The summed E-state index contributed by atoms with van der Waals surface area (Å²) in [5, 5.41) is 0. The van der Waals surface area contributed by atoms with Crippen LogP contribution < -0.4 is 0 Å². The van der Waals surface area contributed by atoms with Crippen molar-refractivity contribution in [2.24, 2.45) is 0 Å². The highest BCUT2D eigenvalue weighted by Crippen LogP contribution is 2.19. The van der Waals surface area contributed by atoms with E-state index in [9.17, 15) is 22.6 Å². The molecule has 0 amide bonds. The molecule has 0 radical (unpaired) electrons. The third kappa shape index (κ3) is 16.6. The van der Waals surface area contributed by atoms with Crippen LogP contribution in [0.25, 0.3) is 0 Å². The molecule has 0 heterocycles. The normalized spacial score (nSPS) is 11.9. The summed E-state index contributed by atoms with van der Waals surface area (Å²) in [7, 11) is -4.57. The molecule has 8 heteroatoms. The van der Waals surface area contributed by atoms with Crippen molar-refractivity contribution >= 4 is 22.1 Å². The molecule has 0 spiro atoms. The van der Waals surface area contributed by atoms with Crippen LogP contribution in [0, 0.1) is 0 Å². The molecule has 0 saturated carbocycles. The Morgan fingerprint density at radius 3 is 1.52 bits per heavy atom. The van der Waals surface area contributed by atoms with Gasteiger partial charge in [0.25, 0.3) is 10.1 Å². The quantitative estimate of drug-likeness (QED) is 0.0599. The van der Waals surface area contributed by atoms with Crippen molar-refractivity contribution in [2.75, 3.05) is 13.2 Å². The van der Waals surface area contributed by atoms with E-state index < -0.39 is 27.0 Å². The van der Waals surface area contributed by atoms with Gasteiger partial charge in [-0.2, -0.15) is 8.42 Å². The minimum absolute atomic E-state index is 0.0126. The van der Waals surface area contributed by atoms with E-state index in [1.807, 2.05) is 12.2 Å². The van der Waals surface area contributed by atoms with Crippen molar-refractivity contribution in [1.82, 2.24) is 0 Å². The van der Waals surface area contributed by atoms with Gasteiger partial charge >= 0.3 is 11.9 Å². The first-order valence-corrected chi connectivity index (χ1v) is 16.5. The number of hydrogen-bond donors (Lipinski definition) is 1. The fourth-order valence-corrected chi connectivity index (χ4v) is 4.75. The van der Waals surface area contributed by atoms with E-state index in [0.29, 0.717) is 0 Å². The monoisotopic (exact) mass is 578 g/mol. The Morgan fingerprint density at radius 2 is 1.07 bits per heavy atom. The van der Waals surface area contributed by atoms with Crippen LogP contribution in [0.15, 0.2) is 47.4 Å². The van der Waals surface area contributed by atoms with E-state index in [-0.39, 0.29) is 24.3 Å². The second kappa shape index (κ2) is 22.3. The van der Waals surface area contributed by atoms with Gasteiger partial charge in [-0.3, -0.25) is 4.55 Å². The lowest BCUT2D eigenvalue weighted by atomic mass is 10.1. The van der Waals surface area contributed by atoms with Crippen LogP contribution in [0.2, 0.25) is 0 Å². The van der Waals surface area contributed by atoms with Crippen molar-refractivity contribution in [3.63, 3.8) is 0 Å². The van der Waals surface area contributed by atoms with Crippen LogP contribution in [0.5, 0.6) is 0 Å². The van der Waals surface area contributed by atoms with E-state index in [0.717, 1.165) is 50.3 Å². The summed E-state index contributed by atoms with van der Waals surface area (Å²) in [6, 6.07) is 3.15. The van der Waals surface area contributed by atoms with E-state index in [1.165, 1.54) is 70.6 Å². The topological polar surface area (TPSA) is 107 Å². The third-order valence-electron chi connectivity index (χ3n) is 6.63. The Balaban J connectivity index is 2.55. The summed E-state index contributed by atoms with van der Waals surface area (Å²) >= 11 is 0. The second-order valence-corrected chi connectivity index (χ2v) is 11.6. The van der Waals surface area contributed by atoms with E-state index in [1.54, 1.807) is 12.2 Å². The van der Waals surface area contributed by atoms with Crippen molar-refractivity contribution < 1.29 is 32.0 Å².